The first-order valence-corrected chi connectivity index (χ1v) is 11.7. The summed E-state index contributed by atoms with van der Waals surface area (Å²) >= 11 is 6.67. The smallest absolute Gasteiger partial charge is 0.241 e. The first kappa shape index (κ1) is 21.6. The molecule has 1 aromatic heterocycles. The van der Waals surface area contributed by atoms with Crippen molar-refractivity contribution in [1.29, 1.82) is 0 Å². The van der Waals surface area contributed by atoms with E-state index in [1.807, 2.05) is 13.2 Å². The van der Waals surface area contributed by atoms with E-state index in [1.54, 1.807) is 34.5 Å². The molecule has 0 saturated carbocycles. The number of carbonyl (C=O) groups excluding carboxylic acids is 1. The fourth-order valence-corrected chi connectivity index (χ4v) is 4.44. The van der Waals surface area contributed by atoms with Crippen LogP contribution in [-0.4, -0.2) is 47.1 Å². The highest BCUT2D eigenvalue weighted by atomic mass is 32.2. The van der Waals surface area contributed by atoms with Gasteiger partial charge in [-0.1, -0.05) is 18.2 Å². The minimum Gasteiger partial charge on any atom is -0.347 e. The number of benzene rings is 1. The van der Waals surface area contributed by atoms with Gasteiger partial charge >= 0.3 is 0 Å². The molecule has 1 atom stereocenters. The number of carbonyl (C=O) groups is 1. The summed E-state index contributed by atoms with van der Waals surface area (Å²) in [6.07, 6.45) is 2.28. The van der Waals surface area contributed by atoms with Gasteiger partial charge in [0.15, 0.2) is 10.6 Å². The molecule has 2 aromatic rings. The molecule has 27 heavy (non-hydrogen) atoms. The maximum Gasteiger partial charge on any atom is 0.241 e. The Hall–Kier alpha value is -1.69. The van der Waals surface area contributed by atoms with Gasteiger partial charge in [0.05, 0.1) is 11.4 Å². The van der Waals surface area contributed by atoms with E-state index in [0.717, 1.165) is 0 Å². The minimum atomic E-state index is -3.79. The molecule has 0 radical (unpaired) electrons. The normalized spacial score (nSPS) is 12.7. The molecule has 0 spiro atoms. The van der Waals surface area contributed by atoms with Crippen LogP contribution in [0, 0.1) is 4.77 Å². The fraction of sp³-hybridized carbons (Fsp3) is 0.438. The van der Waals surface area contributed by atoms with Gasteiger partial charge < -0.3 is 9.88 Å². The number of amides is 1. The van der Waals surface area contributed by atoms with E-state index in [4.69, 9.17) is 12.2 Å². The van der Waals surface area contributed by atoms with Crippen LogP contribution in [0.25, 0.3) is 0 Å². The van der Waals surface area contributed by atoms with E-state index in [9.17, 15) is 13.2 Å². The molecule has 0 bridgehead atoms. The lowest BCUT2D eigenvalue weighted by molar-refractivity contribution is -0.123. The number of hydrogen-bond donors (Lipinski definition) is 3. The van der Waals surface area contributed by atoms with Crippen LogP contribution in [0.15, 0.2) is 35.2 Å². The summed E-state index contributed by atoms with van der Waals surface area (Å²) in [6.45, 7) is 2.70. The Bertz CT molecular complexity index is 909. The first-order chi connectivity index (χ1) is 12.9. The molecule has 1 amide bonds. The lowest BCUT2D eigenvalue weighted by Crippen LogP contribution is -2.47. The molecule has 0 aliphatic rings. The van der Waals surface area contributed by atoms with E-state index < -0.39 is 22.0 Å². The number of aromatic amines is 1. The van der Waals surface area contributed by atoms with Gasteiger partial charge in [0.25, 0.3) is 0 Å². The van der Waals surface area contributed by atoms with Gasteiger partial charge in [0.2, 0.25) is 15.9 Å². The van der Waals surface area contributed by atoms with Gasteiger partial charge in [0, 0.05) is 6.54 Å². The Morgan fingerprint density at radius 3 is 2.70 bits per heavy atom. The van der Waals surface area contributed by atoms with Crippen LogP contribution in [0.2, 0.25) is 0 Å². The number of nitrogens with one attached hydrogen (secondary N) is 3. The summed E-state index contributed by atoms with van der Waals surface area (Å²) in [7, 11) is -3.79. The fourth-order valence-electron chi connectivity index (χ4n) is 2.43. The third-order valence-electron chi connectivity index (χ3n) is 3.85. The third kappa shape index (κ3) is 5.89. The average Bonchev–Trinajstić information content (AvgIpc) is 3.03. The molecule has 0 aliphatic carbocycles. The maximum atomic E-state index is 12.6. The van der Waals surface area contributed by atoms with E-state index in [0.29, 0.717) is 29.3 Å². The Morgan fingerprint density at radius 1 is 1.37 bits per heavy atom. The molecule has 1 unspecified atom stereocenters. The molecular weight excluding hydrogens is 406 g/mol. The van der Waals surface area contributed by atoms with Crippen molar-refractivity contribution in [2.24, 2.45) is 0 Å². The standard InChI is InChI=1S/C16H23N5O3S3/c1-3-21-14(18-19-16(21)25)11-17-15(22)13(9-10-26-2)20-27(23,24)12-7-5-4-6-8-12/h4-8,13,20H,3,9-11H2,1-2H3,(H,17,22)(H,19,25). The lowest BCUT2D eigenvalue weighted by Gasteiger charge is -2.18. The molecular formula is C16H23N5O3S3. The number of rotatable bonds is 10. The Kier molecular flexibility index (Phi) is 8.02. The highest BCUT2D eigenvalue weighted by Crippen LogP contribution is 2.11. The van der Waals surface area contributed by atoms with Crippen molar-refractivity contribution in [2.45, 2.75) is 37.4 Å². The molecule has 0 fully saturated rings. The summed E-state index contributed by atoms with van der Waals surface area (Å²) in [5.41, 5.74) is 0. The van der Waals surface area contributed by atoms with Crippen LogP contribution in [0.5, 0.6) is 0 Å². The van der Waals surface area contributed by atoms with Crippen molar-refractivity contribution in [3.05, 3.63) is 40.9 Å². The Labute approximate surface area is 168 Å². The molecule has 0 aliphatic heterocycles. The zero-order chi connectivity index (χ0) is 19.9. The number of sulfonamides is 1. The lowest BCUT2D eigenvalue weighted by atomic mass is 10.2. The summed E-state index contributed by atoms with van der Waals surface area (Å²) in [4.78, 5) is 12.7. The molecule has 1 aromatic carbocycles. The van der Waals surface area contributed by atoms with E-state index >= 15 is 0 Å². The molecule has 8 nitrogen and oxygen atoms in total. The Morgan fingerprint density at radius 2 is 2.07 bits per heavy atom. The van der Waals surface area contributed by atoms with Crippen molar-refractivity contribution < 1.29 is 13.2 Å². The van der Waals surface area contributed by atoms with Crippen LogP contribution in [0.1, 0.15) is 19.2 Å². The van der Waals surface area contributed by atoms with Gasteiger partial charge in [-0.05, 0) is 49.7 Å². The largest absolute Gasteiger partial charge is 0.347 e. The number of aromatic nitrogens is 3. The van der Waals surface area contributed by atoms with E-state index in [-0.39, 0.29) is 11.4 Å². The average molecular weight is 430 g/mol. The second-order valence-corrected chi connectivity index (χ2v) is 8.76. The minimum absolute atomic E-state index is 0.124. The molecule has 148 valence electrons. The summed E-state index contributed by atoms with van der Waals surface area (Å²) < 4.78 is 29.9. The maximum absolute atomic E-state index is 12.6. The topological polar surface area (TPSA) is 109 Å². The van der Waals surface area contributed by atoms with Crippen molar-refractivity contribution >= 4 is 39.9 Å². The number of hydrogen-bond acceptors (Lipinski definition) is 6. The summed E-state index contributed by atoms with van der Waals surface area (Å²) in [5.74, 6) is 0.828. The highest BCUT2D eigenvalue weighted by Gasteiger charge is 2.25. The SMILES string of the molecule is CCn1c(CNC(=O)C(CCSC)NS(=O)(=O)c2ccccc2)n[nH]c1=S. The van der Waals surface area contributed by atoms with Crippen molar-refractivity contribution in [3.8, 4) is 0 Å². The van der Waals surface area contributed by atoms with Gasteiger partial charge in [-0.25, -0.2) is 8.42 Å². The van der Waals surface area contributed by atoms with Gasteiger partial charge in [0.1, 0.15) is 6.04 Å². The third-order valence-corrected chi connectivity index (χ3v) is 6.30. The van der Waals surface area contributed by atoms with E-state index in [1.165, 1.54) is 12.1 Å². The zero-order valence-electron chi connectivity index (χ0n) is 15.1. The predicted octanol–water partition coefficient (Wildman–Crippen LogP) is 1.68. The predicted molar refractivity (Wildman–Crippen MR) is 108 cm³/mol. The molecule has 1 heterocycles. The van der Waals surface area contributed by atoms with Crippen LogP contribution in [0.3, 0.4) is 0 Å². The second-order valence-electron chi connectivity index (χ2n) is 5.68. The number of nitrogens with zero attached hydrogens (tertiary/aromatic N) is 2. The second kappa shape index (κ2) is 10.0. The van der Waals surface area contributed by atoms with Gasteiger partial charge in [-0.2, -0.15) is 21.6 Å². The van der Waals surface area contributed by atoms with Gasteiger partial charge in [-0.3, -0.25) is 9.89 Å². The Balaban J connectivity index is 2.10. The molecule has 11 heteroatoms. The zero-order valence-corrected chi connectivity index (χ0v) is 17.6. The summed E-state index contributed by atoms with van der Waals surface area (Å²) in [5, 5.41) is 9.52. The first-order valence-electron chi connectivity index (χ1n) is 8.37. The number of H-pyrrole nitrogens is 1. The molecule has 2 rings (SSSR count). The van der Waals surface area contributed by atoms with Crippen LogP contribution >= 0.6 is 24.0 Å². The molecule has 0 saturated heterocycles. The summed E-state index contributed by atoms with van der Waals surface area (Å²) in [6, 6.07) is 7.12. The van der Waals surface area contributed by atoms with Gasteiger partial charge in [-0.15, -0.1) is 0 Å². The monoisotopic (exact) mass is 429 g/mol. The van der Waals surface area contributed by atoms with Crippen molar-refractivity contribution in [1.82, 2.24) is 24.8 Å². The quantitative estimate of drug-likeness (QED) is 0.496. The van der Waals surface area contributed by atoms with E-state index in [2.05, 4.69) is 20.2 Å². The van der Waals surface area contributed by atoms with Crippen molar-refractivity contribution in [3.63, 3.8) is 0 Å². The van der Waals surface area contributed by atoms with Crippen LogP contribution < -0.4 is 10.0 Å². The van der Waals surface area contributed by atoms with Crippen LogP contribution in [0.4, 0.5) is 0 Å². The van der Waals surface area contributed by atoms with Crippen molar-refractivity contribution in [2.75, 3.05) is 12.0 Å². The number of thioether (sulfide) groups is 1. The molecule has 3 N–H and O–H groups in total. The highest BCUT2D eigenvalue weighted by molar-refractivity contribution is 7.98. The van der Waals surface area contributed by atoms with Crippen LogP contribution in [-0.2, 0) is 27.9 Å².